The first-order valence-corrected chi connectivity index (χ1v) is 7.62. The van der Waals surface area contributed by atoms with Crippen molar-refractivity contribution < 1.29 is 0 Å². The highest BCUT2D eigenvalue weighted by Gasteiger charge is 2.10. The highest BCUT2D eigenvalue weighted by molar-refractivity contribution is 9.10. The van der Waals surface area contributed by atoms with Gasteiger partial charge in [0, 0.05) is 7.05 Å². The molecule has 2 aromatic rings. The van der Waals surface area contributed by atoms with Crippen LogP contribution in [0.5, 0.6) is 0 Å². The van der Waals surface area contributed by atoms with Gasteiger partial charge in [0.15, 0.2) is 0 Å². The number of nitrogens with zero attached hydrogens (tertiary/aromatic N) is 1. The predicted molar refractivity (Wildman–Crippen MR) is 76.3 cm³/mol. The van der Waals surface area contributed by atoms with E-state index < -0.39 is 0 Å². The van der Waals surface area contributed by atoms with Gasteiger partial charge in [-0.2, -0.15) is 0 Å². The van der Waals surface area contributed by atoms with E-state index in [0.717, 1.165) is 0 Å². The Morgan fingerprint density at radius 3 is 2.88 bits per heavy atom. The molecule has 0 unspecified atom stereocenters. The standard InChI is InChI=1S/C13H18BrNS/c1-3-4-5-6-7-10-9-16-11-8-12(14)15(2)13(10)11/h8-9H,3-7H2,1-2H3. The summed E-state index contributed by atoms with van der Waals surface area (Å²) in [6.45, 7) is 2.26. The van der Waals surface area contributed by atoms with Crippen molar-refractivity contribution >= 4 is 37.5 Å². The van der Waals surface area contributed by atoms with Crippen LogP contribution in [0.3, 0.4) is 0 Å². The van der Waals surface area contributed by atoms with Crippen LogP contribution < -0.4 is 0 Å². The van der Waals surface area contributed by atoms with Crippen molar-refractivity contribution in [2.75, 3.05) is 0 Å². The van der Waals surface area contributed by atoms with E-state index in [1.54, 1.807) is 0 Å². The highest BCUT2D eigenvalue weighted by atomic mass is 79.9. The molecule has 0 fully saturated rings. The maximum Gasteiger partial charge on any atom is 0.0863 e. The minimum absolute atomic E-state index is 1.18. The summed E-state index contributed by atoms with van der Waals surface area (Å²) < 4.78 is 4.84. The Hall–Kier alpha value is -0.280. The topological polar surface area (TPSA) is 4.93 Å². The number of rotatable bonds is 5. The lowest BCUT2D eigenvalue weighted by Crippen LogP contribution is -1.91. The predicted octanol–water partition coefficient (Wildman–Crippen LogP) is 5.13. The van der Waals surface area contributed by atoms with Gasteiger partial charge < -0.3 is 4.57 Å². The molecule has 0 bridgehead atoms. The lowest BCUT2D eigenvalue weighted by molar-refractivity contribution is 0.667. The monoisotopic (exact) mass is 299 g/mol. The maximum absolute atomic E-state index is 3.58. The first-order chi connectivity index (χ1) is 7.74. The summed E-state index contributed by atoms with van der Waals surface area (Å²) in [4.78, 5) is 0. The van der Waals surface area contributed by atoms with Crippen LogP contribution in [0.4, 0.5) is 0 Å². The molecule has 0 saturated heterocycles. The van der Waals surface area contributed by atoms with E-state index in [4.69, 9.17) is 0 Å². The molecule has 0 saturated carbocycles. The van der Waals surface area contributed by atoms with E-state index in [0.29, 0.717) is 0 Å². The van der Waals surface area contributed by atoms with Crippen molar-refractivity contribution in [3.8, 4) is 0 Å². The zero-order chi connectivity index (χ0) is 11.5. The van der Waals surface area contributed by atoms with Crippen LogP contribution >= 0.6 is 27.3 Å². The number of hydrogen-bond acceptors (Lipinski definition) is 1. The molecule has 1 nitrogen and oxygen atoms in total. The third-order valence-corrected chi connectivity index (χ3v) is 4.80. The first kappa shape index (κ1) is 12.2. The molecular formula is C13H18BrNS. The van der Waals surface area contributed by atoms with Gasteiger partial charge in [-0.05, 0) is 45.8 Å². The Bertz CT molecular complexity index is 469. The Balaban J connectivity index is 2.12. The second kappa shape index (κ2) is 5.37. The van der Waals surface area contributed by atoms with Crippen molar-refractivity contribution in [2.45, 2.75) is 39.0 Å². The van der Waals surface area contributed by atoms with Gasteiger partial charge in [0.2, 0.25) is 0 Å². The van der Waals surface area contributed by atoms with Crippen molar-refractivity contribution in [3.63, 3.8) is 0 Å². The summed E-state index contributed by atoms with van der Waals surface area (Å²) in [7, 11) is 2.13. The molecule has 0 aliphatic heterocycles. The molecule has 0 aliphatic carbocycles. The summed E-state index contributed by atoms with van der Waals surface area (Å²) in [5.41, 5.74) is 2.94. The number of fused-ring (bicyclic) bond motifs is 1. The molecule has 2 rings (SSSR count). The summed E-state index contributed by atoms with van der Waals surface area (Å²) in [6, 6.07) is 2.22. The number of aromatic nitrogens is 1. The maximum atomic E-state index is 3.58. The second-order valence-corrected chi connectivity index (χ2v) is 6.03. The zero-order valence-electron chi connectivity index (χ0n) is 9.92. The Kier molecular flexibility index (Phi) is 4.09. The molecule has 0 amide bonds. The van der Waals surface area contributed by atoms with E-state index in [-0.39, 0.29) is 0 Å². The quantitative estimate of drug-likeness (QED) is 0.675. The Morgan fingerprint density at radius 2 is 2.12 bits per heavy atom. The Morgan fingerprint density at radius 1 is 1.31 bits per heavy atom. The molecule has 2 heterocycles. The molecule has 88 valence electrons. The zero-order valence-corrected chi connectivity index (χ0v) is 12.3. The van der Waals surface area contributed by atoms with Crippen molar-refractivity contribution in [3.05, 3.63) is 21.6 Å². The van der Waals surface area contributed by atoms with E-state index in [1.807, 2.05) is 11.3 Å². The molecule has 0 atom stereocenters. The summed E-state index contributed by atoms with van der Waals surface area (Å²) in [6.07, 6.45) is 6.59. The van der Waals surface area contributed by atoms with Gasteiger partial charge in [-0.25, -0.2) is 0 Å². The van der Waals surface area contributed by atoms with Crippen LogP contribution in [0.1, 0.15) is 38.2 Å². The molecule has 0 radical (unpaired) electrons. The molecular weight excluding hydrogens is 282 g/mol. The SMILES string of the molecule is CCCCCCc1csc2cc(Br)n(C)c12. The van der Waals surface area contributed by atoms with Gasteiger partial charge in [-0.15, -0.1) is 11.3 Å². The van der Waals surface area contributed by atoms with Gasteiger partial charge in [-0.3, -0.25) is 0 Å². The van der Waals surface area contributed by atoms with Crippen LogP contribution in [0.25, 0.3) is 10.2 Å². The van der Waals surface area contributed by atoms with Crippen LogP contribution in [0, 0.1) is 0 Å². The van der Waals surface area contributed by atoms with E-state index in [1.165, 1.54) is 52.5 Å². The number of halogens is 1. The molecule has 2 aromatic heterocycles. The first-order valence-electron chi connectivity index (χ1n) is 5.95. The normalized spacial score (nSPS) is 11.4. The Labute approximate surface area is 110 Å². The summed E-state index contributed by atoms with van der Waals surface area (Å²) in [5, 5.41) is 2.32. The fourth-order valence-corrected chi connectivity index (χ4v) is 3.73. The molecule has 3 heteroatoms. The number of unbranched alkanes of at least 4 members (excludes halogenated alkanes) is 3. The van der Waals surface area contributed by atoms with E-state index in [9.17, 15) is 0 Å². The lowest BCUT2D eigenvalue weighted by Gasteiger charge is -2.02. The second-order valence-electron chi connectivity index (χ2n) is 4.31. The van der Waals surface area contributed by atoms with Crippen LogP contribution in [-0.4, -0.2) is 4.57 Å². The third kappa shape index (κ3) is 2.35. The molecule has 0 aromatic carbocycles. The van der Waals surface area contributed by atoms with Crippen LogP contribution in [0.2, 0.25) is 0 Å². The van der Waals surface area contributed by atoms with Gasteiger partial charge >= 0.3 is 0 Å². The lowest BCUT2D eigenvalue weighted by atomic mass is 10.1. The van der Waals surface area contributed by atoms with Crippen molar-refractivity contribution in [1.82, 2.24) is 4.57 Å². The molecule has 0 spiro atoms. The smallest absolute Gasteiger partial charge is 0.0863 e. The fourth-order valence-electron chi connectivity index (χ4n) is 2.12. The number of hydrogen-bond donors (Lipinski definition) is 0. The molecule has 0 aliphatic rings. The molecule has 16 heavy (non-hydrogen) atoms. The van der Waals surface area contributed by atoms with E-state index >= 15 is 0 Å². The average Bonchev–Trinajstić information content (AvgIpc) is 2.77. The minimum Gasteiger partial charge on any atom is -0.337 e. The highest BCUT2D eigenvalue weighted by Crippen LogP contribution is 2.32. The van der Waals surface area contributed by atoms with Gasteiger partial charge in [-0.1, -0.05) is 26.2 Å². The number of thiophene rings is 1. The van der Waals surface area contributed by atoms with Crippen molar-refractivity contribution in [1.29, 1.82) is 0 Å². The molecule has 0 N–H and O–H groups in total. The van der Waals surface area contributed by atoms with Crippen molar-refractivity contribution in [2.24, 2.45) is 7.05 Å². The summed E-state index contributed by atoms with van der Waals surface area (Å²) in [5.74, 6) is 0. The number of aryl methyl sites for hydroxylation is 2. The fraction of sp³-hybridized carbons (Fsp3) is 0.538. The van der Waals surface area contributed by atoms with Crippen LogP contribution in [-0.2, 0) is 13.5 Å². The van der Waals surface area contributed by atoms with Crippen LogP contribution in [0.15, 0.2) is 16.0 Å². The van der Waals surface area contributed by atoms with E-state index in [2.05, 4.69) is 45.9 Å². The summed E-state index contributed by atoms with van der Waals surface area (Å²) >= 11 is 5.45. The largest absolute Gasteiger partial charge is 0.337 e. The van der Waals surface area contributed by atoms with Gasteiger partial charge in [0.1, 0.15) is 0 Å². The average molecular weight is 300 g/mol. The van der Waals surface area contributed by atoms with Gasteiger partial charge in [0.05, 0.1) is 14.8 Å². The van der Waals surface area contributed by atoms with Gasteiger partial charge in [0.25, 0.3) is 0 Å². The third-order valence-electron chi connectivity index (χ3n) is 3.07. The minimum atomic E-state index is 1.18.